The quantitative estimate of drug-likeness (QED) is 0.782. The van der Waals surface area contributed by atoms with Gasteiger partial charge in [-0.05, 0) is 46.4 Å². The summed E-state index contributed by atoms with van der Waals surface area (Å²) in [6, 6.07) is 0. The van der Waals surface area contributed by atoms with Gasteiger partial charge in [-0.2, -0.15) is 0 Å². The maximum absolute atomic E-state index is 12.2. The van der Waals surface area contributed by atoms with Crippen LogP contribution in [0.5, 0.6) is 0 Å². The number of hydrogen-bond acceptors (Lipinski definition) is 4. The van der Waals surface area contributed by atoms with E-state index in [0.717, 1.165) is 39.1 Å². The summed E-state index contributed by atoms with van der Waals surface area (Å²) in [5, 5.41) is 6.57. The van der Waals surface area contributed by atoms with E-state index < -0.39 is 0 Å². The van der Waals surface area contributed by atoms with Gasteiger partial charge in [-0.15, -0.1) is 0 Å². The van der Waals surface area contributed by atoms with E-state index in [1.54, 1.807) is 0 Å². The molecule has 0 aromatic rings. The Balaban J connectivity index is 1.78. The number of carbonyl (C=O) groups excluding carboxylic acids is 1. The van der Waals surface area contributed by atoms with Gasteiger partial charge in [0.1, 0.15) is 0 Å². The minimum Gasteiger partial charge on any atom is -0.353 e. The van der Waals surface area contributed by atoms with Crippen molar-refractivity contribution >= 4 is 5.91 Å². The molecule has 122 valence electrons. The summed E-state index contributed by atoms with van der Waals surface area (Å²) in [6.07, 6.45) is 7.44. The average Bonchev–Trinajstić information content (AvgIpc) is 2.74. The van der Waals surface area contributed by atoms with E-state index in [1.807, 2.05) is 0 Å². The first kappa shape index (κ1) is 16.7. The topological polar surface area (TPSA) is 47.6 Å². The largest absolute Gasteiger partial charge is 0.353 e. The third kappa shape index (κ3) is 4.94. The fourth-order valence-electron chi connectivity index (χ4n) is 3.57. The van der Waals surface area contributed by atoms with Crippen LogP contribution < -0.4 is 10.6 Å². The molecule has 0 unspecified atom stereocenters. The highest BCUT2D eigenvalue weighted by molar-refractivity contribution is 5.78. The third-order valence-electron chi connectivity index (χ3n) is 5.15. The zero-order valence-electron chi connectivity index (χ0n) is 13.8. The van der Waals surface area contributed by atoms with Crippen LogP contribution in [0, 0.1) is 0 Å². The molecule has 1 saturated carbocycles. The van der Waals surface area contributed by atoms with Crippen molar-refractivity contribution in [2.75, 3.05) is 53.4 Å². The number of rotatable bonds is 5. The van der Waals surface area contributed by atoms with Crippen LogP contribution in [-0.2, 0) is 4.79 Å². The lowest BCUT2D eigenvalue weighted by atomic mass is 9.80. The number of amides is 1. The van der Waals surface area contributed by atoms with Crippen LogP contribution in [0.4, 0.5) is 0 Å². The first-order valence-corrected chi connectivity index (χ1v) is 8.50. The Hall–Kier alpha value is -0.650. The predicted molar refractivity (Wildman–Crippen MR) is 86.4 cm³/mol. The highest BCUT2D eigenvalue weighted by Gasteiger charge is 2.34. The molecular weight excluding hydrogens is 264 g/mol. The zero-order valence-corrected chi connectivity index (χ0v) is 13.8. The molecular formula is C16H32N4O. The van der Waals surface area contributed by atoms with Gasteiger partial charge < -0.3 is 15.5 Å². The van der Waals surface area contributed by atoms with Gasteiger partial charge in [-0.3, -0.25) is 9.69 Å². The van der Waals surface area contributed by atoms with Gasteiger partial charge in [0.2, 0.25) is 5.91 Å². The Labute approximate surface area is 129 Å². The molecule has 1 saturated heterocycles. The maximum Gasteiger partial charge on any atom is 0.234 e. The van der Waals surface area contributed by atoms with Crippen LogP contribution in [0.1, 0.15) is 38.5 Å². The van der Waals surface area contributed by atoms with Crippen molar-refractivity contribution in [3.63, 3.8) is 0 Å². The second-order valence-corrected chi connectivity index (χ2v) is 6.84. The summed E-state index contributed by atoms with van der Waals surface area (Å²) in [5.41, 5.74) is 0.175. The first-order chi connectivity index (χ1) is 10.1. The standard InChI is InChI=1S/C16H32N4O/c1-19(2)16(7-4-3-5-8-16)14-18-15(21)13-20-11-6-9-17-10-12-20/h17H,3-14H2,1-2H3,(H,18,21). The first-order valence-electron chi connectivity index (χ1n) is 8.50. The SMILES string of the molecule is CN(C)C1(CNC(=O)CN2CCCNCC2)CCCCC1. The maximum atomic E-state index is 12.2. The van der Waals surface area contributed by atoms with Crippen LogP contribution in [0.2, 0.25) is 0 Å². The van der Waals surface area contributed by atoms with Crippen molar-refractivity contribution in [2.24, 2.45) is 0 Å². The Morgan fingerprint density at radius 1 is 1.14 bits per heavy atom. The molecule has 0 bridgehead atoms. The van der Waals surface area contributed by atoms with E-state index in [2.05, 4.69) is 34.5 Å². The fraction of sp³-hybridized carbons (Fsp3) is 0.938. The number of nitrogens with one attached hydrogen (secondary N) is 2. The minimum absolute atomic E-state index is 0.175. The molecule has 1 heterocycles. The molecule has 2 N–H and O–H groups in total. The molecule has 1 aliphatic carbocycles. The molecule has 0 aromatic carbocycles. The van der Waals surface area contributed by atoms with E-state index in [4.69, 9.17) is 0 Å². The number of likely N-dealkylation sites (N-methyl/N-ethyl adjacent to an activating group) is 1. The smallest absolute Gasteiger partial charge is 0.234 e. The predicted octanol–water partition coefficient (Wildman–Crippen LogP) is 0.662. The second-order valence-electron chi connectivity index (χ2n) is 6.84. The number of hydrogen-bond donors (Lipinski definition) is 2. The Bertz CT molecular complexity index is 318. The van der Waals surface area contributed by atoms with Gasteiger partial charge in [-0.1, -0.05) is 19.3 Å². The Kier molecular flexibility index (Phi) is 6.45. The number of nitrogens with zero attached hydrogens (tertiary/aromatic N) is 2. The van der Waals surface area contributed by atoms with Crippen molar-refractivity contribution < 1.29 is 4.79 Å². The van der Waals surface area contributed by atoms with E-state index in [1.165, 1.54) is 32.1 Å². The number of carbonyl (C=O) groups is 1. The fourth-order valence-corrected chi connectivity index (χ4v) is 3.57. The van der Waals surface area contributed by atoms with Crippen LogP contribution in [0.3, 0.4) is 0 Å². The lowest BCUT2D eigenvalue weighted by Crippen LogP contribution is -2.54. The molecule has 2 aliphatic rings. The molecule has 21 heavy (non-hydrogen) atoms. The summed E-state index contributed by atoms with van der Waals surface area (Å²) < 4.78 is 0. The van der Waals surface area contributed by atoms with Crippen LogP contribution in [0.25, 0.3) is 0 Å². The van der Waals surface area contributed by atoms with Crippen LogP contribution >= 0.6 is 0 Å². The zero-order chi connectivity index (χ0) is 15.1. The summed E-state index contributed by atoms with van der Waals surface area (Å²) in [4.78, 5) is 16.8. The molecule has 0 spiro atoms. The van der Waals surface area contributed by atoms with Crippen molar-refractivity contribution in [1.82, 2.24) is 20.4 Å². The molecule has 5 nitrogen and oxygen atoms in total. The summed E-state index contributed by atoms with van der Waals surface area (Å²) >= 11 is 0. The highest BCUT2D eigenvalue weighted by Crippen LogP contribution is 2.31. The normalized spacial score (nSPS) is 23.8. The van der Waals surface area contributed by atoms with Gasteiger partial charge in [0.25, 0.3) is 0 Å². The van der Waals surface area contributed by atoms with Gasteiger partial charge in [0, 0.05) is 25.2 Å². The van der Waals surface area contributed by atoms with Crippen LogP contribution in [-0.4, -0.2) is 74.6 Å². The molecule has 0 atom stereocenters. The van der Waals surface area contributed by atoms with Crippen molar-refractivity contribution in [3.8, 4) is 0 Å². The van der Waals surface area contributed by atoms with E-state index in [-0.39, 0.29) is 11.4 Å². The Morgan fingerprint density at radius 2 is 1.90 bits per heavy atom. The van der Waals surface area contributed by atoms with Crippen molar-refractivity contribution in [3.05, 3.63) is 0 Å². The lowest BCUT2D eigenvalue weighted by molar-refractivity contribution is -0.123. The van der Waals surface area contributed by atoms with E-state index in [0.29, 0.717) is 6.54 Å². The van der Waals surface area contributed by atoms with Gasteiger partial charge in [-0.25, -0.2) is 0 Å². The monoisotopic (exact) mass is 296 g/mol. The molecule has 0 aromatic heterocycles. The lowest BCUT2D eigenvalue weighted by Gasteiger charge is -2.43. The van der Waals surface area contributed by atoms with Gasteiger partial charge in [0.05, 0.1) is 6.54 Å². The molecule has 1 amide bonds. The van der Waals surface area contributed by atoms with Gasteiger partial charge in [0.15, 0.2) is 0 Å². The summed E-state index contributed by atoms with van der Waals surface area (Å²) in [5.74, 6) is 0.184. The van der Waals surface area contributed by atoms with Crippen LogP contribution in [0.15, 0.2) is 0 Å². The van der Waals surface area contributed by atoms with Crippen molar-refractivity contribution in [1.29, 1.82) is 0 Å². The average molecular weight is 296 g/mol. The van der Waals surface area contributed by atoms with E-state index >= 15 is 0 Å². The molecule has 2 rings (SSSR count). The third-order valence-corrected chi connectivity index (χ3v) is 5.15. The van der Waals surface area contributed by atoms with E-state index in [9.17, 15) is 4.79 Å². The van der Waals surface area contributed by atoms with Crippen molar-refractivity contribution in [2.45, 2.75) is 44.1 Å². The molecule has 0 radical (unpaired) electrons. The summed E-state index contributed by atoms with van der Waals surface area (Å²) in [6.45, 7) is 5.42. The molecule has 1 aliphatic heterocycles. The Morgan fingerprint density at radius 3 is 2.62 bits per heavy atom. The highest BCUT2D eigenvalue weighted by atomic mass is 16.2. The van der Waals surface area contributed by atoms with Gasteiger partial charge >= 0.3 is 0 Å². The summed E-state index contributed by atoms with van der Waals surface area (Å²) in [7, 11) is 4.30. The minimum atomic E-state index is 0.175. The molecule has 2 fully saturated rings. The molecule has 5 heteroatoms. The second kappa shape index (κ2) is 8.11.